The van der Waals surface area contributed by atoms with Crippen LogP contribution in [0.25, 0.3) is 0 Å². The van der Waals surface area contributed by atoms with E-state index in [9.17, 15) is 19.3 Å². The van der Waals surface area contributed by atoms with Crippen molar-refractivity contribution < 1.29 is 43.0 Å². The molecule has 0 aromatic heterocycles. The third kappa shape index (κ3) is 37.3. The van der Waals surface area contributed by atoms with Gasteiger partial charge in [-0.05, 0) is 44.4 Å². The molecule has 9 nitrogen and oxygen atoms in total. The van der Waals surface area contributed by atoms with Crippen LogP contribution in [0.15, 0.2) is 36.5 Å². The second-order valence-corrected chi connectivity index (χ2v) is 14.8. The third-order valence-corrected chi connectivity index (χ3v) is 8.68. The first-order chi connectivity index (χ1) is 23.5. The van der Waals surface area contributed by atoms with Gasteiger partial charge in [-0.15, -0.1) is 0 Å². The molecule has 0 aromatic rings. The summed E-state index contributed by atoms with van der Waals surface area (Å²) in [7, 11) is -4.79. The molecule has 0 aliphatic rings. The first-order valence-electron chi connectivity index (χ1n) is 19.2. The van der Waals surface area contributed by atoms with Gasteiger partial charge in [0.25, 0.3) is 0 Å². The fourth-order valence-electron chi connectivity index (χ4n) is 5.27. The molecule has 49 heavy (non-hydrogen) atoms. The second-order valence-electron chi connectivity index (χ2n) is 13.6. The van der Waals surface area contributed by atoms with Crippen LogP contribution in [0.1, 0.15) is 168 Å². The van der Waals surface area contributed by atoms with Gasteiger partial charge in [0.05, 0.1) is 12.7 Å². The summed E-state index contributed by atoms with van der Waals surface area (Å²) < 4.78 is 26.2. The fourth-order valence-corrected chi connectivity index (χ4v) is 5.63. The summed E-state index contributed by atoms with van der Waals surface area (Å²) in [4.78, 5) is 42.7. The van der Waals surface area contributed by atoms with Gasteiger partial charge >= 0.3 is 19.8 Å². The SMILES string of the molecule is CCCCCCCC/C=C/C/C=C/C=C/C(O)CCCC(=O)OC[C@H](COP(=O)(O)O)OC(=O)CCCCCCCCCCCCC(C)C. The Bertz CT molecular complexity index is 925. The maximum atomic E-state index is 12.4. The molecular formula is C39H71O9P. The van der Waals surface area contributed by atoms with E-state index in [0.717, 1.165) is 38.0 Å². The number of aliphatic hydroxyl groups excluding tert-OH is 1. The normalized spacial score (nSPS) is 13.6. The molecule has 0 rings (SSSR count). The van der Waals surface area contributed by atoms with Gasteiger partial charge in [-0.25, -0.2) is 4.57 Å². The number of rotatable bonds is 34. The number of unbranched alkanes of at least 4 members (excludes halogenated alkanes) is 15. The molecule has 1 unspecified atom stereocenters. The minimum atomic E-state index is -4.79. The molecule has 0 aliphatic heterocycles. The molecule has 0 amide bonds. The average Bonchev–Trinajstić information content (AvgIpc) is 3.04. The van der Waals surface area contributed by atoms with Gasteiger partial charge in [0.2, 0.25) is 0 Å². The van der Waals surface area contributed by atoms with Crippen molar-refractivity contribution in [2.45, 2.75) is 181 Å². The molecule has 0 heterocycles. The molecule has 286 valence electrons. The molecular weight excluding hydrogens is 643 g/mol. The monoisotopic (exact) mass is 714 g/mol. The van der Waals surface area contributed by atoms with Crippen molar-refractivity contribution in [3.63, 3.8) is 0 Å². The lowest BCUT2D eigenvalue weighted by Crippen LogP contribution is -2.29. The van der Waals surface area contributed by atoms with Gasteiger partial charge in [0.1, 0.15) is 6.61 Å². The zero-order valence-electron chi connectivity index (χ0n) is 31.1. The number of esters is 2. The van der Waals surface area contributed by atoms with Crippen LogP contribution in [-0.4, -0.2) is 52.3 Å². The number of carbonyl (C=O) groups is 2. The van der Waals surface area contributed by atoms with Crippen LogP contribution in [-0.2, 0) is 28.2 Å². The Hall–Kier alpha value is -1.77. The molecule has 0 spiro atoms. The maximum Gasteiger partial charge on any atom is 0.469 e. The smallest absolute Gasteiger partial charge is 0.462 e. The lowest BCUT2D eigenvalue weighted by molar-refractivity contribution is -0.161. The molecule has 0 radical (unpaired) electrons. The van der Waals surface area contributed by atoms with Crippen molar-refractivity contribution in [1.29, 1.82) is 0 Å². The van der Waals surface area contributed by atoms with Crippen LogP contribution in [0.4, 0.5) is 0 Å². The van der Waals surface area contributed by atoms with Gasteiger partial charge in [0, 0.05) is 12.8 Å². The molecule has 0 saturated carbocycles. The van der Waals surface area contributed by atoms with Crippen LogP contribution in [0.2, 0.25) is 0 Å². The van der Waals surface area contributed by atoms with Crippen molar-refractivity contribution in [2.24, 2.45) is 5.92 Å². The van der Waals surface area contributed by atoms with Gasteiger partial charge < -0.3 is 24.4 Å². The molecule has 0 saturated heterocycles. The number of carbonyl (C=O) groups excluding carboxylic acids is 2. The van der Waals surface area contributed by atoms with E-state index in [1.54, 1.807) is 12.2 Å². The first-order valence-corrected chi connectivity index (χ1v) is 20.8. The van der Waals surface area contributed by atoms with Gasteiger partial charge in [-0.2, -0.15) is 0 Å². The Balaban J connectivity index is 4.15. The highest BCUT2D eigenvalue weighted by molar-refractivity contribution is 7.46. The minimum Gasteiger partial charge on any atom is -0.462 e. The quantitative estimate of drug-likeness (QED) is 0.0195. The van der Waals surface area contributed by atoms with E-state index in [4.69, 9.17) is 19.3 Å². The van der Waals surface area contributed by atoms with Gasteiger partial charge in [-0.1, -0.05) is 154 Å². The zero-order valence-corrected chi connectivity index (χ0v) is 32.0. The molecule has 0 fully saturated rings. The number of phosphoric acid groups is 1. The Morgan fingerprint density at radius 3 is 1.90 bits per heavy atom. The average molecular weight is 715 g/mol. The van der Waals surface area contributed by atoms with Crippen LogP contribution in [0.5, 0.6) is 0 Å². The van der Waals surface area contributed by atoms with E-state index in [2.05, 4.69) is 37.4 Å². The highest BCUT2D eigenvalue weighted by Crippen LogP contribution is 2.36. The second kappa shape index (κ2) is 33.4. The number of allylic oxidation sites excluding steroid dienone is 5. The summed E-state index contributed by atoms with van der Waals surface area (Å²) >= 11 is 0. The van der Waals surface area contributed by atoms with Crippen molar-refractivity contribution in [3.8, 4) is 0 Å². The first kappa shape index (κ1) is 47.2. The van der Waals surface area contributed by atoms with E-state index in [1.807, 2.05) is 12.2 Å². The van der Waals surface area contributed by atoms with Crippen molar-refractivity contribution >= 4 is 19.8 Å². The zero-order chi connectivity index (χ0) is 36.4. The highest BCUT2D eigenvalue weighted by Gasteiger charge is 2.23. The summed E-state index contributed by atoms with van der Waals surface area (Å²) in [5.74, 6) is -0.296. The number of aliphatic hydroxyl groups is 1. The van der Waals surface area contributed by atoms with E-state index < -0.39 is 38.6 Å². The lowest BCUT2D eigenvalue weighted by Gasteiger charge is -2.18. The highest BCUT2D eigenvalue weighted by atomic mass is 31.2. The van der Waals surface area contributed by atoms with Crippen molar-refractivity contribution in [3.05, 3.63) is 36.5 Å². The van der Waals surface area contributed by atoms with Crippen molar-refractivity contribution in [2.75, 3.05) is 13.2 Å². The van der Waals surface area contributed by atoms with Crippen LogP contribution in [0.3, 0.4) is 0 Å². The minimum absolute atomic E-state index is 0.0439. The summed E-state index contributed by atoms with van der Waals surface area (Å²) in [6, 6.07) is 0. The Kier molecular flexibility index (Phi) is 32.2. The van der Waals surface area contributed by atoms with E-state index in [1.165, 1.54) is 83.5 Å². The summed E-state index contributed by atoms with van der Waals surface area (Å²) in [6.07, 6.45) is 33.4. The lowest BCUT2D eigenvalue weighted by atomic mass is 10.0. The Morgan fingerprint density at radius 1 is 0.673 bits per heavy atom. The van der Waals surface area contributed by atoms with E-state index in [-0.39, 0.29) is 19.4 Å². The number of hydrogen-bond acceptors (Lipinski definition) is 7. The molecule has 0 aliphatic carbocycles. The molecule has 0 bridgehead atoms. The standard InChI is InChI=1S/C39H71O9P/c1-4-5-6-7-8-9-10-11-12-16-19-22-25-29-36(40)30-27-32-38(41)46-33-37(34-47-49(43,44)45)48-39(42)31-26-23-20-17-14-13-15-18-21-24-28-35(2)3/h11-12,19,22,25,29,35-37,40H,4-10,13-18,20-21,23-24,26-28,30-34H2,1-3H3,(H2,43,44,45)/b12-11+,22-19+,29-25+/t36?,37-/m1/s1. The number of hydrogen-bond donors (Lipinski definition) is 3. The molecule has 10 heteroatoms. The summed E-state index contributed by atoms with van der Waals surface area (Å²) in [5, 5.41) is 10.2. The molecule has 0 aromatic carbocycles. The predicted molar refractivity (Wildman–Crippen MR) is 199 cm³/mol. The number of phosphoric ester groups is 1. The fraction of sp³-hybridized carbons (Fsp3) is 0.795. The molecule has 2 atom stereocenters. The Labute approximate surface area is 298 Å². The predicted octanol–water partition coefficient (Wildman–Crippen LogP) is 10.2. The molecule has 3 N–H and O–H groups in total. The summed E-state index contributed by atoms with van der Waals surface area (Å²) in [6.45, 7) is 5.80. The van der Waals surface area contributed by atoms with Gasteiger partial charge in [-0.3, -0.25) is 14.1 Å². The summed E-state index contributed by atoms with van der Waals surface area (Å²) in [5.41, 5.74) is 0. The van der Waals surface area contributed by atoms with Gasteiger partial charge in [0.15, 0.2) is 6.10 Å². The topological polar surface area (TPSA) is 140 Å². The van der Waals surface area contributed by atoms with Crippen molar-refractivity contribution in [1.82, 2.24) is 0 Å². The van der Waals surface area contributed by atoms with Crippen LogP contribution < -0.4 is 0 Å². The van der Waals surface area contributed by atoms with E-state index >= 15 is 0 Å². The maximum absolute atomic E-state index is 12.4. The van der Waals surface area contributed by atoms with Crippen LogP contribution in [0, 0.1) is 5.92 Å². The number of ether oxygens (including phenoxy) is 2. The third-order valence-electron chi connectivity index (χ3n) is 8.19. The van der Waals surface area contributed by atoms with E-state index in [0.29, 0.717) is 19.3 Å². The van der Waals surface area contributed by atoms with Crippen LogP contribution >= 0.6 is 7.82 Å². The largest absolute Gasteiger partial charge is 0.469 e. The Morgan fingerprint density at radius 2 is 1.27 bits per heavy atom.